The van der Waals surface area contributed by atoms with Crippen LogP contribution in [-0.4, -0.2) is 60.5 Å². The third kappa shape index (κ3) is 9.56. The van der Waals surface area contributed by atoms with Crippen LogP contribution in [0.1, 0.15) is 79.5 Å². The van der Waals surface area contributed by atoms with Crippen LogP contribution in [0.4, 0.5) is 4.79 Å². The Balaban J connectivity index is 1.43. The fourth-order valence-electron chi connectivity index (χ4n) is 5.46. The van der Waals surface area contributed by atoms with Gasteiger partial charge in [-0.3, -0.25) is 4.79 Å². The lowest BCUT2D eigenvalue weighted by molar-refractivity contribution is 0.0961. The van der Waals surface area contributed by atoms with Crippen molar-refractivity contribution in [2.75, 3.05) is 18.8 Å². The number of ether oxygens (including phenoxy) is 1. The number of hydrogen-bond donors (Lipinski definition) is 3. The number of amides is 2. The summed E-state index contributed by atoms with van der Waals surface area (Å²) in [5.74, 6) is -0.460. The van der Waals surface area contributed by atoms with Crippen LogP contribution in [0.3, 0.4) is 0 Å². The molecule has 1 atom stereocenters. The van der Waals surface area contributed by atoms with E-state index in [-0.39, 0.29) is 24.0 Å². The molecule has 44 heavy (non-hydrogen) atoms. The first kappa shape index (κ1) is 33.0. The van der Waals surface area contributed by atoms with Gasteiger partial charge in [0.15, 0.2) is 0 Å². The van der Waals surface area contributed by atoms with E-state index in [4.69, 9.17) is 4.74 Å². The minimum atomic E-state index is -3.74. The topological polar surface area (TPSA) is 133 Å². The van der Waals surface area contributed by atoms with Crippen LogP contribution in [0.5, 0.6) is 5.75 Å². The number of nitrogens with zero attached hydrogens (tertiary/aromatic N) is 1. The van der Waals surface area contributed by atoms with Gasteiger partial charge in [0.25, 0.3) is 5.91 Å². The van der Waals surface area contributed by atoms with Crippen molar-refractivity contribution < 1.29 is 33.0 Å². The molecule has 0 radical (unpaired) electrons. The second-order valence-corrected chi connectivity index (χ2v) is 13.1. The third-order valence-electron chi connectivity index (χ3n) is 7.82. The van der Waals surface area contributed by atoms with Gasteiger partial charge in [-0.2, -0.15) is 0 Å². The molecular weight excluding hydrogens is 580 g/mol. The molecule has 3 aromatic carbocycles. The van der Waals surface area contributed by atoms with Crippen molar-refractivity contribution in [3.63, 3.8) is 0 Å². The number of benzene rings is 3. The minimum Gasteiger partial charge on any atom is -0.490 e. The number of rotatable bonds is 14. The van der Waals surface area contributed by atoms with E-state index in [9.17, 15) is 28.2 Å². The van der Waals surface area contributed by atoms with Crippen LogP contribution in [0.15, 0.2) is 72.8 Å². The van der Waals surface area contributed by atoms with Crippen LogP contribution < -0.4 is 9.46 Å². The number of carboxylic acid groups (broad SMARTS) is 1. The van der Waals surface area contributed by atoms with Crippen LogP contribution in [0.2, 0.25) is 0 Å². The van der Waals surface area contributed by atoms with Crippen molar-refractivity contribution in [3.8, 4) is 16.9 Å². The molecule has 1 aliphatic rings. The van der Waals surface area contributed by atoms with Crippen molar-refractivity contribution in [2.45, 2.75) is 70.5 Å². The summed E-state index contributed by atoms with van der Waals surface area (Å²) in [5.41, 5.74) is 3.65. The standard InChI is InChI=1S/C34H42N2O7S/c1-2-22-44(41,42)35-33(38)30-20-19-28(23-32(30)43-29-13-7-4-8-14-29)26-17-15-25(16-18-26)10-9-21-36(34(39)40)24-31(37)27-11-5-3-6-12-27/h3,5-6,11-12,15-20,23,29,31,37H,2,4,7-10,13-14,21-22,24H2,1H3,(H,35,38)(H,39,40)/t31-/m0/s1. The van der Waals surface area contributed by atoms with E-state index in [1.165, 1.54) is 4.90 Å². The average molecular weight is 623 g/mol. The molecule has 0 unspecified atom stereocenters. The highest BCUT2D eigenvalue weighted by atomic mass is 32.2. The zero-order valence-corrected chi connectivity index (χ0v) is 26.0. The van der Waals surface area contributed by atoms with Crippen molar-refractivity contribution in [1.82, 2.24) is 9.62 Å². The highest BCUT2D eigenvalue weighted by Crippen LogP contribution is 2.31. The Morgan fingerprint density at radius 2 is 1.66 bits per heavy atom. The fraction of sp³-hybridized carbons (Fsp3) is 0.412. The maximum Gasteiger partial charge on any atom is 0.407 e. The van der Waals surface area contributed by atoms with Gasteiger partial charge in [0, 0.05) is 6.54 Å². The van der Waals surface area contributed by atoms with Gasteiger partial charge < -0.3 is 19.8 Å². The van der Waals surface area contributed by atoms with E-state index in [1.54, 1.807) is 37.3 Å². The molecule has 3 N–H and O–H groups in total. The zero-order chi connectivity index (χ0) is 31.5. The summed E-state index contributed by atoms with van der Waals surface area (Å²) in [6.45, 7) is 2.03. The van der Waals surface area contributed by atoms with Crippen LogP contribution in [0.25, 0.3) is 11.1 Å². The molecule has 0 aliphatic heterocycles. The Hall–Kier alpha value is -3.89. The summed E-state index contributed by atoms with van der Waals surface area (Å²) in [4.78, 5) is 26.0. The molecule has 10 heteroatoms. The lowest BCUT2D eigenvalue weighted by Crippen LogP contribution is -2.34. The van der Waals surface area contributed by atoms with Crippen molar-refractivity contribution >= 4 is 22.0 Å². The quantitative estimate of drug-likeness (QED) is 0.196. The molecule has 2 amide bonds. The summed E-state index contributed by atoms with van der Waals surface area (Å²) in [7, 11) is -3.74. The normalized spacial score (nSPS) is 14.5. The highest BCUT2D eigenvalue weighted by Gasteiger charge is 2.23. The van der Waals surface area contributed by atoms with Crippen molar-refractivity contribution in [2.24, 2.45) is 0 Å². The molecular formula is C34H42N2O7S. The molecule has 236 valence electrons. The predicted octanol–water partition coefficient (Wildman–Crippen LogP) is 6.18. The molecule has 0 aromatic heterocycles. The highest BCUT2D eigenvalue weighted by molar-refractivity contribution is 7.90. The van der Waals surface area contributed by atoms with Gasteiger partial charge >= 0.3 is 6.09 Å². The number of nitrogens with one attached hydrogen (secondary N) is 1. The number of carbonyl (C=O) groups is 2. The summed E-state index contributed by atoms with van der Waals surface area (Å²) in [5, 5.41) is 20.1. The minimum absolute atomic E-state index is 0.00208. The molecule has 1 saturated carbocycles. The number of sulfonamides is 1. The molecule has 1 fully saturated rings. The van der Waals surface area contributed by atoms with Crippen molar-refractivity contribution in [3.05, 3.63) is 89.5 Å². The fourth-order valence-corrected chi connectivity index (χ4v) is 6.49. The SMILES string of the molecule is CCCS(=O)(=O)NC(=O)c1ccc(-c2ccc(CCCN(C[C@H](O)c3ccccc3)C(=O)O)cc2)cc1OC1CCCCC1. The average Bonchev–Trinajstić information content (AvgIpc) is 3.01. The lowest BCUT2D eigenvalue weighted by Gasteiger charge is -2.24. The van der Waals surface area contributed by atoms with E-state index < -0.39 is 28.1 Å². The molecule has 0 bridgehead atoms. The van der Waals surface area contributed by atoms with Crippen LogP contribution >= 0.6 is 0 Å². The summed E-state index contributed by atoms with van der Waals surface area (Å²) in [6.07, 6.45) is 4.70. The molecule has 3 aromatic rings. The van der Waals surface area contributed by atoms with Gasteiger partial charge in [-0.05, 0) is 79.3 Å². The molecule has 4 rings (SSSR count). The summed E-state index contributed by atoms with van der Waals surface area (Å²) in [6, 6.07) is 22.1. The van der Waals surface area contributed by atoms with Gasteiger partial charge in [0.05, 0.1) is 30.1 Å². The van der Waals surface area contributed by atoms with E-state index in [2.05, 4.69) is 4.72 Å². The first-order chi connectivity index (χ1) is 21.1. The van der Waals surface area contributed by atoms with Crippen molar-refractivity contribution in [1.29, 1.82) is 0 Å². The van der Waals surface area contributed by atoms with Gasteiger partial charge in [-0.25, -0.2) is 17.9 Å². The summed E-state index contributed by atoms with van der Waals surface area (Å²) < 4.78 is 33.0. The number of aliphatic hydroxyl groups excluding tert-OH is 1. The van der Waals surface area contributed by atoms with Crippen LogP contribution in [0, 0.1) is 0 Å². The maximum atomic E-state index is 13.0. The van der Waals surface area contributed by atoms with E-state index in [1.807, 2.05) is 42.5 Å². The lowest BCUT2D eigenvalue weighted by atomic mass is 9.97. The predicted molar refractivity (Wildman–Crippen MR) is 170 cm³/mol. The number of hydrogen-bond acceptors (Lipinski definition) is 6. The first-order valence-electron chi connectivity index (χ1n) is 15.3. The Bertz CT molecular complexity index is 1490. The molecule has 0 saturated heterocycles. The smallest absolute Gasteiger partial charge is 0.407 e. The summed E-state index contributed by atoms with van der Waals surface area (Å²) >= 11 is 0. The van der Waals surface area contributed by atoms with E-state index in [0.717, 1.165) is 48.8 Å². The largest absolute Gasteiger partial charge is 0.490 e. The number of aliphatic hydroxyl groups is 1. The number of aryl methyl sites for hydroxylation is 1. The molecule has 9 nitrogen and oxygen atoms in total. The monoisotopic (exact) mass is 622 g/mol. The number of carbonyl (C=O) groups excluding carboxylic acids is 1. The second kappa shape index (κ2) is 15.7. The van der Waals surface area contributed by atoms with Crippen LogP contribution in [-0.2, 0) is 16.4 Å². The Labute approximate surface area is 259 Å². The molecule has 0 spiro atoms. The molecule has 0 heterocycles. The first-order valence-corrected chi connectivity index (χ1v) is 17.0. The van der Waals surface area contributed by atoms with Gasteiger partial charge in [0.1, 0.15) is 5.75 Å². The molecule has 1 aliphatic carbocycles. The second-order valence-electron chi connectivity index (χ2n) is 11.3. The van der Waals surface area contributed by atoms with E-state index >= 15 is 0 Å². The Kier molecular flexibility index (Phi) is 11.8. The Morgan fingerprint density at radius 1 is 0.977 bits per heavy atom. The van der Waals surface area contributed by atoms with Gasteiger partial charge in [-0.1, -0.05) is 74.0 Å². The maximum absolute atomic E-state index is 13.0. The van der Waals surface area contributed by atoms with Gasteiger partial charge in [-0.15, -0.1) is 0 Å². The zero-order valence-electron chi connectivity index (χ0n) is 25.2. The van der Waals surface area contributed by atoms with E-state index in [0.29, 0.717) is 37.1 Å². The third-order valence-corrected chi connectivity index (χ3v) is 9.26. The van der Waals surface area contributed by atoms with Gasteiger partial charge in [0.2, 0.25) is 10.0 Å². The Morgan fingerprint density at radius 3 is 2.32 bits per heavy atom.